The molecular formula is C17H15FO2. The Kier molecular flexibility index (Phi) is 3.26. The molecule has 0 amide bonds. The first-order valence-electron chi connectivity index (χ1n) is 6.64. The number of ether oxygens (including phenoxy) is 1. The first-order valence-corrected chi connectivity index (χ1v) is 6.64. The van der Waals surface area contributed by atoms with Crippen LogP contribution >= 0.6 is 0 Å². The van der Waals surface area contributed by atoms with E-state index in [1.165, 1.54) is 19.2 Å². The second kappa shape index (κ2) is 5.08. The van der Waals surface area contributed by atoms with Gasteiger partial charge in [-0.05, 0) is 47.2 Å². The molecular weight excluding hydrogens is 255 g/mol. The van der Waals surface area contributed by atoms with E-state index in [1.54, 1.807) is 6.07 Å². The molecule has 3 rings (SSSR count). The molecule has 0 saturated carbocycles. The molecule has 0 radical (unpaired) electrons. The molecule has 0 spiro atoms. The maximum Gasteiger partial charge on any atom is 0.317 e. The molecule has 1 aliphatic carbocycles. The van der Waals surface area contributed by atoms with Gasteiger partial charge in [0.25, 0.3) is 0 Å². The van der Waals surface area contributed by atoms with Crippen molar-refractivity contribution in [3.63, 3.8) is 0 Å². The van der Waals surface area contributed by atoms with E-state index in [1.807, 2.05) is 24.3 Å². The minimum Gasteiger partial charge on any atom is -0.468 e. The minimum absolute atomic E-state index is 0.265. The van der Waals surface area contributed by atoms with E-state index >= 15 is 0 Å². The largest absolute Gasteiger partial charge is 0.468 e. The summed E-state index contributed by atoms with van der Waals surface area (Å²) in [5, 5.41) is 0. The Labute approximate surface area is 117 Å². The van der Waals surface area contributed by atoms with Crippen LogP contribution in [0.5, 0.6) is 0 Å². The number of esters is 1. The van der Waals surface area contributed by atoms with Crippen LogP contribution in [0.15, 0.2) is 42.5 Å². The van der Waals surface area contributed by atoms with Gasteiger partial charge < -0.3 is 4.74 Å². The fourth-order valence-electron chi connectivity index (χ4n) is 2.92. The lowest BCUT2D eigenvalue weighted by molar-refractivity contribution is -0.141. The van der Waals surface area contributed by atoms with Gasteiger partial charge in [-0.3, -0.25) is 4.79 Å². The van der Waals surface area contributed by atoms with Crippen molar-refractivity contribution in [3.8, 4) is 0 Å². The second-order valence-corrected chi connectivity index (χ2v) is 5.00. The lowest BCUT2D eigenvalue weighted by Gasteiger charge is -2.17. The number of halogens is 1. The predicted molar refractivity (Wildman–Crippen MR) is 74.1 cm³/mol. The van der Waals surface area contributed by atoms with Gasteiger partial charge in [0.2, 0.25) is 0 Å². The molecule has 3 heteroatoms. The molecule has 0 aliphatic heterocycles. The molecule has 0 aromatic heterocycles. The quantitative estimate of drug-likeness (QED) is 0.744. The molecule has 1 aliphatic rings. The topological polar surface area (TPSA) is 26.3 Å². The van der Waals surface area contributed by atoms with E-state index in [-0.39, 0.29) is 11.8 Å². The third kappa shape index (κ3) is 2.09. The van der Waals surface area contributed by atoms with Gasteiger partial charge in [-0.25, -0.2) is 4.39 Å². The fraction of sp³-hybridized carbons (Fsp3) is 0.235. The zero-order chi connectivity index (χ0) is 14.1. The summed E-state index contributed by atoms with van der Waals surface area (Å²) < 4.78 is 18.4. The number of benzene rings is 2. The highest BCUT2D eigenvalue weighted by atomic mass is 19.1. The van der Waals surface area contributed by atoms with Crippen molar-refractivity contribution < 1.29 is 13.9 Å². The van der Waals surface area contributed by atoms with Gasteiger partial charge in [-0.2, -0.15) is 0 Å². The average molecular weight is 270 g/mol. The smallest absolute Gasteiger partial charge is 0.317 e. The molecule has 0 bridgehead atoms. The maximum atomic E-state index is 13.4. The highest BCUT2D eigenvalue weighted by Gasteiger charge is 2.30. The first-order chi connectivity index (χ1) is 9.70. The number of hydrogen-bond acceptors (Lipinski definition) is 2. The average Bonchev–Trinajstić information content (AvgIpc) is 2.63. The number of carbonyl (C=O) groups is 1. The maximum absolute atomic E-state index is 13.4. The summed E-state index contributed by atoms with van der Waals surface area (Å²) >= 11 is 0. The molecule has 0 saturated heterocycles. The van der Waals surface area contributed by atoms with E-state index in [0.717, 1.165) is 35.1 Å². The van der Waals surface area contributed by atoms with Crippen molar-refractivity contribution in [3.05, 3.63) is 70.5 Å². The Balaban J connectivity index is 2.22. The Hall–Kier alpha value is -2.16. The van der Waals surface area contributed by atoms with Crippen LogP contribution in [0.3, 0.4) is 0 Å². The van der Waals surface area contributed by atoms with Crippen molar-refractivity contribution in [1.29, 1.82) is 0 Å². The molecule has 102 valence electrons. The van der Waals surface area contributed by atoms with Crippen LogP contribution in [-0.4, -0.2) is 13.1 Å². The van der Waals surface area contributed by atoms with Crippen molar-refractivity contribution in [2.45, 2.75) is 18.8 Å². The highest BCUT2D eigenvalue weighted by Crippen LogP contribution is 2.35. The van der Waals surface area contributed by atoms with Crippen LogP contribution in [0.25, 0.3) is 0 Å². The molecule has 2 nitrogen and oxygen atoms in total. The summed E-state index contributed by atoms with van der Waals surface area (Å²) in [6.07, 6.45) is 1.54. The van der Waals surface area contributed by atoms with Gasteiger partial charge in [0.15, 0.2) is 0 Å². The molecule has 2 aromatic rings. The van der Waals surface area contributed by atoms with Crippen LogP contribution in [0, 0.1) is 5.82 Å². The van der Waals surface area contributed by atoms with E-state index in [4.69, 9.17) is 4.74 Å². The normalized spacial score (nSPS) is 16.8. The summed E-state index contributed by atoms with van der Waals surface area (Å²) in [6.45, 7) is 0. The first kappa shape index (κ1) is 12.9. The Morgan fingerprint density at radius 1 is 1.10 bits per heavy atom. The van der Waals surface area contributed by atoms with Crippen molar-refractivity contribution >= 4 is 5.97 Å². The summed E-state index contributed by atoms with van der Waals surface area (Å²) in [5.74, 6) is -1.03. The van der Waals surface area contributed by atoms with Crippen molar-refractivity contribution in [2.24, 2.45) is 0 Å². The van der Waals surface area contributed by atoms with Gasteiger partial charge in [-0.1, -0.05) is 30.3 Å². The van der Waals surface area contributed by atoms with Crippen LogP contribution < -0.4 is 0 Å². The lowest BCUT2D eigenvalue weighted by atomic mass is 9.88. The number of carbonyl (C=O) groups excluding carboxylic acids is 1. The van der Waals surface area contributed by atoms with Crippen LogP contribution in [0.2, 0.25) is 0 Å². The third-order valence-electron chi connectivity index (χ3n) is 3.88. The number of aryl methyl sites for hydroxylation is 2. The summed E-state index contributed by atoms with van der Waals surface area (Å²) in [5.41, 5.74) is 3.82. The minimum atomic E-state index is -0.464. The van der Waals surface area contributed by atoms with Gasteiger partial charge in [0, 0.05) is 0 Å². The number of rotatable bonds is 1. The number of methoxy groups -OCH3 is 1. The van der Waals surface area contributed by atoms with E-state index < -0.39 is 5.92 Å². The SMILES string of the molecule is COC(=O)C1c2ccccc2CCc2cc(F)ccc21. The van der Waals surface area contributed by atoms with Crippen molar-refractivity contribution in [2.75, 3.05) is 7.11 Å². The molecule has 0 heterocycles. The van der Waals surface area contributed by atoms with E-state index in [9.17, 15) is 9.18 Å². The molecule has 2 aromatic carbocycles. The summed E-state index contributed by atoms with van der Waals surface area (Å²) in [7, 11) is 1.39. The van der Waals surface area contributed by atoms with E-state index in [2.05, 4.69) is 0 Å². The highest BCUT2D eigenvalue weighted by molar-refractivity contribution is 5.83. The van der Waals surface area contributed by atoms with Gasteiger partial charge in [0.05, 0.1) is 7.11 Å². The second-order valence-electron chi connectivity index (χ2n) is 5.00. The monoisotopic (exact) mass is 270 g/mol. The molecule has 20 heavy (non-hydrogen) atoms. The van der Waals surface area contributed by atoms with Crippen LogP contribution in [0.1, 0.15) is 28.2 Å². The van der Waals surface area contributed by atoms with Crippen LogP contribution in [0.4, 0.5) is 4.39 Å². The van der Waals surface area contributed by atoms with Crippen molar-refractivity contribution in [1.82, 2.24) is 0 Å². The van der Waals surface area contributed by atoms with Gasteiger partial charge >= 0.3 is 5.97 Å². The standard InChI is InChI=1S/C17H15FO2/c1-20-17(19)16-14-5-3-2-4-11(14)6-7-12-10-13(18)8-9-15(12)16/h2-5,8-10,16H,6-7H2,1H3. The molecule has 1 atom stereocenters. The lowest BCUT2D eigenvalue weighted by Crippen LogP contribution is -2.17. The van der Waals surface area contributed by atoms with Crippen LogP contribution in [-0.2, 0) is 22.4 Å². The zero-order valence-electron chi connectivity index (χ0n) is 11.2. The van der Waals surface area contributed by atoms with Gasteiger partial charge in [-0.15, -0.1) is 0 Å². The number of fused-ring (bicyclic) bond motifs is 2. The Bertz CT molecular complexity index is 664. The van der Waals surface area contributed by atoms with E-state index in [0.29, 0.717) is 0 Å². The van der Waals surface area contributed by atoms with Gasteiger partial charge in [0.1, 0.15) is 11.7 Å². The Morgan fingerprint density at radius 2 is 1.80 bits per heavy atom. The third-order valence-corrected chi connectivity index (χ3v) is 3.88. The number of hydrogen-bond donors (Lipinski definition) is 0. The summed E-state index contributed by atoms with van der Waals surface area (Å²) in [6, 6.07) is 12.5. The molecule has 1 unspecified atom stereocenters. The fourth-order valence-corrected chi connectivity index (χ4v) is 2.92. The zero-order valence-corrected chi connectivity index (χ0v) is 11.2. The molecule has 0 N–H and O–H groups in total. The Morgan fingerprint density at radius 3 is 2.60 bits per heavy atom. The summed E-state index contributed by atoms with van der Waals surface area (Å²) in [4.78, 5) is 12.2. The molecule has 0 fully saturated rings. The predicted octanol–water partition coefficient (Wildman–Crippen LogP) is 3.23.